The van der Waals surface area contributed by atoms with Gasteiger partial charge < -0.3 is 19.7 Å². The first-order valence-electron chi connectivity index (χ1n) is 8.98. The van der Waals surface area contributed by atoms with Crippen molar-refractivity contribution in [1.29, 1.82) is 0 Å². The third-order valence-electron chi connectivity index (χ3n) is 4.28. The molecule has 7 heteroatoms. The molecule has 0 atom stereocenters. The monoisotopic (exact) mass is 376 g/mol. The van der Waals surface area contributed by atoms with Crippen LogP contribution in [0, 0.1) is 0 Å². The highest BCUT2D eigenvalue weighted by Gasteiger charge is 2.15. The van der Waals surface area contributed by atoms with E-state index in [0.717, 1.165) is 5.56 Å². The van der Waals surface area contributed by atoms with Crippen LogP contribution in [0.4, 0.5) is 11.6 Å². The SMILES string of the molecule is CN(Cc1ccccc1)c1nccc(C(=O)Nc2ccc3c(c2)OCCO3)n1. The summed E-state index contributed by atoms with van der Waals surface area (Å²) < 4.78 is 11.0. The molecule has 2 aromatic carbocycles. The van der Waals surface area contributed by atoms with Crippen molar-refractivity contribution >= 4 is 17.5 Å². The van der Waals surface area contributed by atoms with Crippen molar-refractivity contribution in [2.24, 2.45) is 0 Å². The Morgan fingerprint density at radius 3 is 2.68 bits per heavy atom. The number of ether oxygens (including phenoxy) is 2. The summed E-state index contributed by atoms with van der Waals surface area (Å²) in [4.78, 5) is 23.2. The van der Waals surface area contributed by atoms with E-state index in [1.165, 1.54) is 0 Å². The number of amides is 1. The van der Waals surface area contributed by atoms with E-state index >= 15 is 0 Å². The lowest BCUT2D eigenvalue weighted by Gasteiger charge is -2.19. The number of carbonyl (C=O) groups is 1. The maximum atomic E-state index is 12.6. The van der Waals surface area contributed by atoms with E-state index in [0.29, 0.717) is 48.6 Å². The van der Waals surface area contributed by atoms with Crippen LogP contribution in [-0.2, 0) is 6.54 Å². The van der Waals surface area contributed by atoms with Crippen LogP contribution in [0.2, 0.25) is 0 Å². The second-order valence-corrected chi connectivity index (χ2v) is 6.40. The molecule has 1 N–H and O–H groups in total. The number of carbonyl (C=O) groups excluding carboxylic acids is 1. The van der Waals surface area contributed by atoms with Gasteiger partial charge in [0.25, 0.3) is 5.91 Å². The number of nitrogens with zero attached hydrogens (tertiary/aromatic N) is 3. The number of rotatable bonds is 5. The molecule has 2 heterocycles. The van der Waals surface area contributed by atoms with Crippen molar-refractivity contribution in [3.63, 3.8) is 0 Å². The summed E-state index contributed by atoms with van der Waals surface area (Å²) >= 11 is 0. The predicted molar refractivity (Wildman–Crippen MR) is 106 cm³/mol. The fourth-order valence-electron chi connectivity index (χ4n) is 2.90. The van der Waals surface area contributed by atoms with Gasteiger partial charge in [-0.3, -0.25) is 4.79 Å². The molecule has 0 spiro atoms. The predicted octanol–water partition coefficient (Wildman–Crippen LogP) is 3.14. The molecule has 3 aromatic rings. The molecule has 1 aromatic heterocycles. The molecule has 28 heavy (non-hydrogen) atoms. The minimum absolute atomic E-state index is 0.291. The number of hydrogen-bond donors (Lipinski definition) is 1. The quantitative estimate of drug-likeness (QED) is 0.737. The summed E-state index contributed by atoms with van der Waals surface area (Å²) in [5.74, 6) is 1.47. The third kappa shape index (κ3) is 4.03. The van der Waals surface area contributed by atoms with Crippen LogP contribution in [0.5, 0.6) is 11.5 Å². The Kier molecular flexibility index (Phi) is 5.05. The number of fused-ring (bicyclic) bond motifs is 1. The molecule has 4 rings (SSSR count). The van der Waals surface area contributed by atoms with Gasteiger partial charge in [0.15, 0.2) is 11.5 Å². The zero-order valence-electron chi connectivity index (χ0n) is 15.5. The summed E-state index contributed by atoms with van der Waals surface area (Å²) in [6.45, 7) is 1.67. The fourth-order valence-corrected chi connectivity index (χ4v) is 2.90. The molecule has 0 bridgehead atoms. The highest BCUT2D eigenvalue weighted by molar-refractivity contribution is 6.03. The lowest BCUT2D eigenvalue weighted by molar-refractivity contribution is 0.102. The first-order chi connectivity index (χ1) is 13.7. The summed E-state index contributed by atoms with van der Waals surface area (Å²) in [5.41, 5.74) is 2.05. The Morgan fingerprint density at radius 2 is 1.86 bits per heavy atom. The van der Waals surface area contributed by atoms with Crippen LogP contribution in [0.15, 0.2) is 60.8 Å². The highest BCUT2D eigenvalue weighted by Crippen LogP contribution is 2.32. The van der Waals surface area contributed by atoms with Gasteiger partial charge in [-0.2, -0.15) is 0 Å². The first kappa shape index (κ1) is 17.8. The third-order valence-corrected chi connectivity index (χ3v) is 4.28. The Bertz CT molecular complexity index is 978. The summed E-state index contributed by atoms with van der Waals surface area (Å²) in [5, 5.41) is 2.84. The number of hydrogen-bond acceptors (Lipinski definition) is 6. The first-order valence-corrected chi connectivity index (χ1v) is 8.98. The van der Waals surface area contributed by atoms with Crippen molar-refractivity contribution in [2.75, 3.05) is 30.5 Å². The topological polar surface area (TPSA) is 76.6 Å². The zero-order valence-corrected chi connectivity index (χ0v) is 15.5. The molecular weight excluding hydrogens is 356 g/mol. The summed E-state index contributed by atoms with van der Waals surface area (Å²) in [6, 6.07) is 16.9. The molecule has 0 aliphatic carbocycles. The summed E-state index contributed by atoms with van der Waals surface area (Å²) in [6.07, 6.45) is 1.59. The lowest BCUT2D eigenvalue weighted by Crippen LogP contribution is -2.21. The van der Waals surface area contributed by atoms with Crippen LogP contribution in [-0.4, -0.2) is 36.1 Å². The van der Waals surface area contributed by atoms with E-state index in [-0.39, 0.29) is 5.91 Å². The van der Waals surface area contributed by atoms with Gasteiger partial charge in [0.2, 0.25) is 5.95 Å². The van der Waals surface area contributed by atoms with E-state index < -0.39 is 0 Å². The molecule has 0 fully saturated rings. The molecule has 142 valence electrons. The van der Waals surface area contributed by atoms with Gasteiger partial charge in [0.05, 0.1) is 0 Å². The molecule has 1 aliphatic rings. The number of benzene rings is 2. The summed E-state index contributed by atoms with van der Waals surface area (Å²) in [7, 11) is 1.89. The molecule has 0 radical (unpaired) electrons. The van der Waals surface area contributed by atoms with Gasteiger partial charge in [-0.05, 0) is 23.8 Å². The normalized spacial score (nSPS) is 12.3. The Balaban J connectivity index is 1.47. The Morgan fingerprint density at radius 1 is 1.07 bits per heavy atom. The zero-order chi connectivity index (χ0) is 19.3. The standard InChI is InChI=1S/C21H20N4O3/c1-25(14-15-5-3-2-4-6-15)21-22-10-9-17(24-21)20(26)23-16-7-8-18-19(13-16)28-12-11-27-18/h2-10,13H,11-12,14H2,1H3,(H,23,26). The van der Waals surface area contributed by atoms with Crippen LogP contribution in [0.25, 0.3) is 0 Å². The van der Waals surface area contributed by atoms with Gasteiger partial charge in [-0.25, -0.2) is 9.97 Å². The van der Waals surface area contributed by atoms with Crippen LogP contribution in [0.1, 0.15) is 16.1 Å². The molecule has 7 nitrogen and oxygen atoms in total. The average molecular weight is 376 g/mol. The minimum atomic E-state index is -0.312. The van der Waals surface area contributed by atoms with Gasteiger partial charge in [0, 0.05) is 31.5 Å². The number of aromatic nitrogens is 2. The van der Waals surface area contributed by atoms with Crippen molar-refractivity contribution < 1.29 is 14.3 Å². The largest absolute Gasteiger partial charge is 0.486 e. The maximum Gasteiger partial charge on any atom is 0.274 e. The molecule has 1 aliphatic heterocycles. The molecule has 0 saturated carbocycles. The van der Waals surface area contributed by atoms with Crippen LogP contribution < -0.4 is 19.7 Å². The second kappa shape index (κ2) is 7.96. The fraction of sp³-hybridized carbons (Fsp3) is 0.190. The van der Waals surface area contributed by atoms with Crippen molar-refractivity contribution in [3.8, 4) is 11.5 Å². The molecule has 1 amide bonds. The Labute approximate surface area is 163 Å². The number of nitrogens with one attached hydrogen (secondary N) is 1. The minimum Gasteiger partial charge on any atom is -0.486 e. The van der Waals surface area contributed by atoms with E-state index in [1.807, 2.05) is 42.3 Å². The van der Waals surface area contributed by atoms with Crippen molar-refractivity contribution in [2.45, 2.75) is 6.54 Å². The smallest absolute Gasteiger partial charge is 0.274 e. The maximum absolute atomic E-state index is 12.6. The van der Waals surface area contributed by atoms with Crippen LogP contribution in [0.3, 0.4) is 0 Å². The molecule has 0 saturated heterocycles. The molecule has 0 unspecified atom stereocenters. The van der Waals surface area contributed by atoms with Gasteiger partial charge in [0.1, 0.15) is 18.9 Å². The van der Waals surface area contributed by atoms with Gasteiger partial charge in [-0.1, -0.05) is 30.3 Å². The number of anilines is 2. The van der Waals surface area contributed by atoms with Crippen molar-refractivity contribution in [1.82, 2.24) is 9.97 Å². The van der Waals surface area contributed by atoms with E-state index in [2.05, 4.69) is 15.3 Å². The van der Waals surface area contributed by atoms with Crippen molar-refractivity contribution in [3.05, 3.63) is 72.1 Å². The van der Waals surface area contributed by atoms with E-state index in [9.17, 15) is 4.79 Å². The Hall–Kier alpha value is -3.61. The van der Waals surface area contributed by atoms with Gasteiger partial charge >= 0.3 is 0 Å². The average Bonchev–Trinajstić information content (AvgIpc) is 2.74. The van der Waals surface area contributed by atoms with E-state index in [4.69, 9.17) is 9.47 Å². The molecular formula is C21H20N4O3. The van der Waals surface area contributed by atoms with Gasteiger partial charge in [-0.15, -0.1) is 0 Å². The second-order valence-electron chi connectivity index (χ2n) is 6.40. The lowest BCUT2D eigenvalue weighted by atomic mass is 10.2. The van der Waals surface area contributed by atoms with E-state index in [1.54, 1.807) is 30.5 Å². The van der Waals surface area contributed by atoms with Crippen LogP contribution >= 0.6 is 0 Å². The highest BCUT2D eigenvalue weighted by atomic mass is 16.6.